The molecule has 0 atom stereocenters. The van der Waals surface area contributed by atoms with Crippen LogP contribution in [0.5, 0.6) is 5.75 Å². The number of hydrogen-bond acceptors (Lipinski definition) is 6. The molecule has 33 heavy (non-hydrogen) atoms. The van der Waals surface area contributed by atoms with Gasteiger partial charge < -0.3 is 14.8 Å². The SMILES string of the molecule is CCOC(=O)c1cnn(-c2cc(C)c3ccccc3n2)c1NC(=O)Cc1ccc(OC)cc1. The Morgan fingerprint density at radius 1 is 1.09 bits per heavy atom. The van der Waals surface area contributed by atoms with Gasteiger partial charge in [0, 0.05) is 5.39 Å². The molecule has 0 aliphatic heterocycles. The van der Waals surface area contributed by atoms with Crippen molar-refractivity contribution in [3.63, 3.8) is 0 Å². The first kappa shape index (κ1) is 22.0. The third-order valence-corrected chi connectivity index (χ3v) is 5.17. The van der Waals surface area contributed by atoms with Crippen molar-refractivity contribution < 1.29 is 19.1 Å². The molecule has 0 spiro atoms. The van der Waals surface area contributed by atoms with Crippen LogP contribution in [0.25, 0.3) is 16.7 Å². The number of pyridine rings is 1. The number of carbonyl (C=O) groups excluding carboxylic acids is 2. The van der Waals surface area contributed by atoms with Crippen molar-refractivity contribution in [3.8, 4) is 11.6 Å². The van der Waals surface area contributed by atoms with Crippen molar-refractivity contribution >= 4 is 28.6 Å². The molecule has 0 aliphatic rings. The molecule has 2 heterocycles. The molecule has 2 aromatic heterocycles. The molecule has 0 radical (unpaired) electrons. The zero-order valence-electron chi connectivity index (χ0n) is 18.7. The van der Waals surface area contributed by atoms with Crippen LogP contribution in [0.3, 0.4) is 0 Å². The number of nitrogens with zero attached hydrogens (tertiary/aromatic N) is 3. The number of benzene rings is 2. The number of carbonyl (C=O) groups is 2. The minimum Gasteiger partial charge on any atom is -0.497 e. The summed E-state index contributed by atoms with van der Waals surface area (Å²) in [6.45, 7) is 3.90. The van der Waals surface area contributed by atoms with Crippen LogP contribution in [-0.4, -0.2) is 40.4 Å². The number of amides is 1. The van der Waals surface area contributed by atoms with E-state index in [1.165, 1.54) is 10.9 Å². The number of anilines is 1. The van der Waals surface area contributed by atoms with Gasteiger partial charge in [0.1, 0.15) is 11.3 Å². The summed E-state index contributed by atoms with van der Waals surface area (Å²) in [5, 5.41) is 8.19. The predicted molar refractivity (Wildman–Crippen MR) is 125 cm³/mol. The summed E-state index contributed by atoms with van der Waals surface area (Å²) in [6, 6.07) is 16.8. The number of rotatable bonds is 7. The smallest absolute Gasteiger partial charge is 0.343 e. The largest absolute Gasteiger partial charge is 0.497 e. The van der Waals surface area contributed by atoms with Crippen LogP contribution in [0.15, 0.2) is 60.8 Å². The lowest BCUT2D eigenvalue weighted by molar-refractivity contribution is -0.115. The maximum Gasteiger partial charge on any atom is 0.343 e. The first-order chi connectivity index (χ1) is 16.0. The fraction of sp³-hybridized carbons (Fsp3) is 0.200. The molecule has 0 saturated heterocycles. The predicted octanol–water partition coefficient (Wildman–Crippen LogP) is 4.10. The summed E-state index contributed by atoms with van der Waals surface area (Å²) in [6.07, 6.45) is 1.49. The molecule has 0 unspecified atom stereocenters. The highest BCUT2D eigenvalue weighted by molar-refractivity contribution is 6.01. The lowest BCUT2D eigenvalue weighted by atomic mass is 10.1. The Kier molecular flexibility index (Phi) is 6.35. The van der Waals surface area contributed by atoms with Gasteiger partial charge in [-0.1, -0.05) is 30.3 Å². The molecule has 1 N–H and O–H groups in total. The topological polar surface area (TPSA) is 95.3 Å². The zero-order valence-corrected chi connectivity index (χ0v) is 18.7. The summed E-state index contributed by atoms with van der Waals surface area (Å²) in [5.41, 5.74) is 2.75. The van der Waals surface area contributed by atoms with Gasteiger partial charge in [-0.05, 0) is 49.2 Å². The lowest BCUT2D eigenvalue weighted by Gasteiger charge is -2.12. The number of ether oxygens (including phenoxy) is 2. The molecule has 4 rings (SSSR count). The summed E-state index contributed by atoms with van der Waals surface area (Å²) in [7, 11) is 1.59. The molecule has 168 valence electrons. The lowest BCUT2D eigenvalue weighted by Crippen LogP contribution is -2.20. The minimum absolute atomic E-state index is 0.113. The van der Waals surface area contributed by atoms with E-state index in [2.05, 4.69) is 15.4 Å². The van der Waals surface area contributed by atoms with Crippen LogP contribution in [-0.2, 0) is 16.0 Å². The van der Waals surface area contributed by atoms with Gasteiger partial charge in [-0.2, -0.15) is 9.78 Å². The van der Waals surface area contributed by atoms with Gasteiger partial charge in [0.2, 0.25) is 5.91 Å². The van der Waals surface area contributed by atoms with Gasteiger partial charge >= 0.3 is 5.97 Å². The van der Waals surface area contributed by atoms with E-state index in [0.29, 0.717) is 11.6 Å². The minimum atomic E-state index is -0.569. The van der Waals surface area contributed by atoms with Crippen molar-refractivity contribution in [1.29, 1.82) is 0 Å². The molecule has 8 nitrogen and oxygen atoms in total. The highest BCUT2D eigenvalue weighted by Gasteiger charge is 2.22. The summed E-state index contributed by atoms with van der Waals surface area (Å²) in [5.74, 6) is 0.543. The van der Waals surface area contributed by atoms with Crippen molar-refractivity contribution in [2.75, 3.05) is 19.0 Å². The molecule has 8 heteroatoms. The van der Waals surface area contributed by atoms with E-state index in [1.807, 2.05) is 49.4 Å². The third-order valence-electron chi connectivity index (χ3n) is 5.17. The van der Waals surface area contributed by atoms with Crippen LogP contribution in [0.4, 0.5) is 5.82 Å². The van der Waals surface area contributed by atoms with Crippen LogP contribution >= 0.6 is 0 Å². The van der Waals surface area contributed by atoms with Gasteiger partial charge in [0.25, 0.3) is 0 Å². The number of aromatic nitrogens is 3. The monoisotopic (exact) mass is 444 g/mol. The Balaban J connectivity index is 1.70. The standard InChI is InChI=1S/C25H24N4O4/c1-4-33-25(31)20-15-26-29(22-13-16(2)19-7-5-6-8-21(19)27-22)24(20)28-23(30)14-17-9-11-18(32-3)12-10-17/h5-13,15H,4,14H2,1-3H3,(H,28,30). The van der Waals surface area contributed by atoms with Crippen molar-refractivity contribution in [2.24, 2.45) is 0 Å². The van der Waals surface area contributed by atoms with E-state index >= 15 is 0 Å². The molecule has 0 fully saturated rings. The Morgan fingerprint density at radius 3 is 2.58 bits per heavy atom. The second-order valence-electron chi connectivity index (χ2n) is 7.43. The van der Waals surface area contributed by atoms with Crippen LogP contribution < -0.4 is 10.1 Å². The Bertz CT molecular complexity index is 1310. The van der Waals surface area contributed by atoms with Gasteiger partial charge in [-0.3, -0.25) is 4.79 Å². The Hall–Kier alpha value is -4.20. The van der Waals surface area contributed by atoms with Gasteiger partial charge in [-0.25, -0.2) is 9.78 Å². The second kappa shape index (κ2) is 9.52. The Morgan fingerprint density at radius 2 is 1.85 bits per heavy atom. The van der Waals surface area contributed by atoms with Crippen molar-refractivity contribution in [1.82, 2.24) is 14.8 Å². The number of aryl methyl sites for hydroxylation is 1. The summed E-state index contributed by atoms with van der Waals surface area (Å²) in [4.78, 5) is 30.1. The van der Waals surface area contributed by atoms with E-state index in [0.717, 1.165) is 22.0 Å². The van der Waals surface area contributed by atoms with E-state index < -0.39 is 5.97 Å². The molecule has 0 aliphatic carbocycles. The number of esters is 1. The summed E-state index contributed by atoms with van der Waals surface area (Å²) < 4.78 is 11.8. The van der Waals surface area contributed by atoms with Crippen molar-refractivity contribution in [3.05, 3.63) is 77.5 Å². The van der Waals surface area contributed by atoms with Crippen LogP contribution in [0.1, 0.15) is 28.4 Å². The molecule has 1 amide bonds. The van der Waals surface area contributed by atoms with Gasteiger partial charge in [0.05, 0.1) is 31.9 Å². The second-order valence-corrected chi connectivity index (χ2v) is 7.43. The number of fused-ring (bicyclic) bond motifs is 1. The quantitative estimate of drug-likeness (QED) is 0.431. The fourth-order valence-corrected chi connectivity index (χ4v) is 3.55. The number of para-hydroxylation sites is 1. The summed E-state index contributed by atoms with van der Waals surface area (Å²) >= 11 is 0. The van der Waals surface area contributed by atoms with E-state index in [4.69, 9.17) is 9.47 Å². The Labute approximate surface area is 191 Å². The fourth-order valence-electron chi connectivity index (χ4n) is 3.55. The van der Waals surface area contributed by atoms with E-state index in [-0.39, 0.29) is 30.3 Å². The van der Waals surface area contributed by atoms with Crippen LogP contribution in [0.2, 0.25) is 0 Å². The van der Waals surface area contributed by atoms with E-state index in [9.17, 15) is 9.59 Å². The molecule has 0 bridgehead atoms. The number of nitrogens with one attached hydrogen (secondary N) is 1. The zero-order chi connectivity index (χ0) is 23.4. The first-order valence-corrected chi connectivity index (χ1v) is 10.5. The van der Waals surface area contributed by atoms with E-state index in [1.54, 1.807) is 26.2 Å². The number of hydrogen-bond donors (Lipinski definition) is 1. The molecule has 2 aromatic carbocycles. The first-order valence-electron chi connectivity index (χ1n) is 10.5. The maximum absolute atomic E-state index is 12.9. The third kappa shape index (κ3) is 4.69. The van der Waals surface area contributed by atoms with Gasteiger partial charge in [0.15, 0.2) is 11.6 Å². The molecule has 0 saturated carbocycles. The van der Waals surface area contributed by atoms with Crippen LogP contribution in [0, 0.1) is 6.92 Å². The average molecular weight is 444 g/mol. The number of methoxy groups -OCH3 is 1. The normalized spacial score (nSPS) is 10.8. The molecular weight excluding hydrogens is 420 g/mol. The highest BCUT2D eigenvalue weighted by atomic mass is 16.5. The molecule has 4 aromatic rings. The van der Waals surface area contributed by atoms with Gasteiger partial charge in [-0.15, -0.1) is 0 Å². The molecular formula is C25H24N4O4. The maximum atomic E-state index is 12.9. The highest BCUT2D eigenvalue weighted by Crippen LogP contribution is 2.25. The van der Waals surface area contributed by atoms with Crippen molar-refractivity contribution in [2.45, 2.75) is 20.3 Å². The average Bonchev–Trinajstić information content (AvgIpc) is 3.23.